The van der Waals surface area contributed by atoms with E-state index in [0.29, 0.717) is 18.2 Å². The lowest BCUT2D eigenvalue weighted by Crippen LogP contribution is -2.54. The normalized spacial score (nSPS) is 21.0. The van der Waals surface area contributed by atoms with Crippen LogP contribution in [0.5, 0.6) is 0 Å². The summed E-state index contributed by atoms with van der Waals surface area (Å²) in [5.41, 5.74) is 0.800. The maximum atomic E-state index is 10.9. The van der Waals surface area contributed by atoms with E-state index in [1.807, 2.05) is 26.0 Å². The third-order valence-electron chi connectivity index (χ3n) is 4.05. The predicted molar refractivity (Wildman–Crippen MR) is 86.0 cm³/mol. The van der Waals surface area contributed by atoms with Crippen LogP contribution in [0.2, 0.25) is 0 Å². The lowest BCUT2D eigenvalue weighted by atomic mass is 10.1. The molecule has 0 radical (unpaired) electrons. The molecule has 2 rings (SSSR count). The smallest absolute Gasteiger partial charge is 0.335 e. The highest BCUT2D eigenvalue weighted by molar-refractivity contribution is 5.87. The molecular weight excluding hydrogens is 280 g/mol. The zero-order valence-electron chi connectivity index (χ0n) is 13.6. The van der Waals surface area contributed by atoms with E-state index in [4.69, 9.17) is 5.11 Å². The van der Waals surface area contributed by atoms with Crippen LogP contribution in [-0.4, -0.2) is 63.8 Å². The summed E-state index contributed by atoms with van der Waals surface area (Å²) in [7, 11) is 0. The van der Waals surface area contributed by atoms with Gasteiger partial charge in [-0.1, -0.05) is 12.1 Å². The quantitative estimate of drug-likeness (QED) is 0.866. The van der Waals surface area contributed by atoms with E-state index in [0.717, 1.165) is 31.7 Å². The summed E-state index contributed by atoms with van der Waals surface area (Å²) in [4.78, 5) is 15.6. The number of carboxylic acids is 1. The summed E-state index contributed by atoms with van der Waals surface area (Å²) in [5, 5.41) is 18.8. The van der Waals surface area contributed by atoms with Gasteiger partial charge in [-0.05, 0) is 38.5 Å². The van der Waals surface area contributed by atoms with Crippen LogP contribution in [0.1, 0.15) is 36.7 Å². The fraction of sp³-hybridized carbons (Fsp3) is 0.588. The number of benzene rings is 1. The molecule has 1 fully saturated rings. The molecule has 0 unspecified atom stereocenters. The van der Waals surface area contributed by atoms with Crippen molar-refractivity contribution in [1.29, 1.82) is 0 Å². The van der Waals surface area contributed by atoms with Crippen molar-refractivity contribution in [1.82, 2.24) is 9.80 Å². The Morgan fingerprint density at radius 2 is 1.91 bits per heavy atom. The van der Waals surface area contributed by atoms with Crippen molar-refractivity contribution >= 4 is 5.97 Å². The minimum Gasteiger partial charge on any atom is -0.478 e. The first-order valence-corrected chi connectivity index (χ1v) is 7.75. The highest BCUT2D eigenvalue weighted by atomic mass is 16.4. The molecule has 0 amide bonds. The average Bonchev–Trinajstić information content (AvgIpc) is 2.40. The molecule has 1 atom stereocenters. The molecule has 122 valence electrons. The van der Waals surface area contributed by atoms with Gasteiger partial charge >= 0.3 is 5.97 Å². The number of aromatic carboxylic acids is 1. The Hall–Kier alpha value is -1.43. The number of β-amino-alcohol motifs (C(OH)–C–C–N with tert-alkyl or cyclic N) is 1. The second-order valence-corrected chi connectivity index (χ2v) is 6.87. The van der Waals surface area contributed by atoms with Gasteiger partial charge in [0.25, 0.3) is 0 Å². The topological polar surface area (TPSA) is 64.0 Å². The van der Waals surface area contributed by atoms with Gasteiger partial charge < -0.3 is 10.2 Å². The summed E-state index contributed by atoms with van der Waals surface area (Å²) < 4.78 is 0. The van der Waals surface area contributed by atoms with Gasteiger partial charge in [-0.25, -0.2) is 4.79 Å². The predicted octanol–water partition coefficient (Wildman–Crippen LogP) is 1.66. The SMILES string of the molecule is C[C@H]1CN(CC(C)(C)O)CCN1Cc1ccc(C(=O)O)cc1. The molecule has 1 aliphatic rings. The van der Waals surface area contributed by atoms with Gasteiger partial charge in [0.05, 0.1) is 11.2 Å². The lowest BCUT2D eigenvalue weighted by molar-refractivity contribution is 0.00196. The van der Waals surface area contributed by atoms with Crippen LogP contribution in [-0.2, 0) is 6.54 Å². The number of nitrogens with zero attached hydrogens (tertiary/aromatic N) is 2. The molecule has 1 aromatic carbocycles. The van der Waals surface area contributed by atoms with Crippen molar-refractivity contribution in [3.63, 3.8) is 0 Å². The number of rotatable bonds is 5. The largest absolute Gasteiger partial charge is 0.478 e. The molecule has 0 aromatic heterocycles. The second-order valence-electron chi connectivity index (χ2n) is 6.87. The molecule has 1 aliphatic heterocycles. The Morgan fingerprint density at radius 3 is 2.41 bits per heavy atom. The number of hydrogen-bond acceptors (Lipinski definition) is 4. The van der Waals surface area contributed by atoms with Gasteiger partial charge in [0.15, 0.2) is 0 Å². The first-order chi connectivity index (χ1) is 10.2. The summed E-state index contributed by atoms with van der Waals surface area (Å²) in [5.74, 6) is -0.889. The Morgan fingerprint density at radius 1 is 1.27 bits per heavy atom. The molecule has 5 nitrogen and oxygen atoms in total. The minimum atomic E-state index is -0.889. The van der Waals surface area contributed by atoms with Crippen LogP contribution in [0.4, 0.5) is 0 Å². The van der Waals surface area contributed by atoms with Crippen LogP contribution in [0.3, 0.4) is 0 Å². The fourth-order valence-corrected chi connectivity index (χ4v) is 2.98. The monoisotopic (exact) mass is 306 g/mol. The zero-order chi connectivity index (χ0) is 16.3. The Labute approximate surface area is 132 Å². The second kappa shape index (κ2) is 6.77. The minimum absolute atomic E-state index is 0.326. The van der Waals surface area contributed by atoms with Crippen LogP contribution in [0, 0.1) is 0 Å². The Bertz CT molecular complexity index is 508. The van der Waals surface area contributed by atoms with E-state index < -0.39 is 11.6 Å². The van der Waals surface area contributed by atoms with Crippen LogP contribution in [0.15, 0.2) is 24.3 Å². The van der Waals surface area contributed by atoms with E-state index >= 15 is 0 Å². The van der Waals surface area contributed by atoms with Crippen molar-refractivity contribution in [2.75, 3.05) is 26.2 Å². The molecule has 0 bridgehead atoms. The highest BCUT2D eigenvalue weighted by Gasteiger charge is 2.27. The third kappa shape index (κ3) is 4.80. The maximum absolute atomic E-state index is 10.9. The molecule has 2 N–H and O–H groups in total. The highest BCUT2D eigenvalue weighted by Crippen LogP contribution is 2.16. The summed E-state index contributed by atoms with van der Waals surface area (Å²) in [6.07, 6.45) is 0. The first-order valence-electron chi connectivity index (χ1n) is 7.75. The molecule has 5 heteroatoms. The molecule has 1 saturated heterocycles. The summed E-state index contributed by atoms with van der Waals surface area (Å²) in [6.45, 7) is 10.2. The van der Waals surface area contributed by atoms with Gasteiger partial charge in [-0.3, -0.25) is 9.80 Å². The van der Waals surface area contributed by atoms with Gasteiger partial charge in [0, 0.05) is 38.8 Å². The molecule has 22 heavy (non-hydrogen) atoms. The summed E-state index contributed by atoms with van der Waals surface area (Å²) in [6, 6.07) is 7.51. The van der Waals surface area contributed by atoms with Crippen molar-refractivity contribution in [2.45, 2.75) is 39.0 Å². The Kier molecular flexibility index (Phi) is 5.21. The van der Waals surface area contributed by atoms with E-state index in [-0.39, 0.29) is 0 Å². The van der Waals surface area contributed by atoms with E-state index in [1.165, 1.54) is 0 Å². The van der Waals surface area contributed by atoms with E-state index in [9.17, 15) is 9.90 Å². The van der Waals surface area contributed by atoms with Crippen LogP contribution in [0.25, 0.3) is 0 Å². The summed E-state index contributed by atoms with van der Waals surface area (Å²) >= 11 is 0. The Balaban J connectivity index is 1.90. The number of aliphatic hydroxyl groups is 1. The van der Waals surface area contributed by atoms with Gasteiger partial charge in [-0.15, -0.1) is 0 Å². The van der Waals surface area contributed by atoms with E-state index in [1.54, 1.807) is 12.1 Å². The molecule has 1 heterocycles. The molecule has 0 spiro atoms. The number of carbonyl (C=O) groups is 1. The van der Waals surface area contributed by atoms with Crippen LogP contribution >= 0.6 is 0 Å². The molecule has 1 aromatic rings. The molecule has 0 aliphatic carbocycles. The first kappa shape index (κ1) is 16.9. The van der Waals surface area contributed by atoms with Crippen LogP contribution < -0.4 is 0 Å². The van der Waals surface area contributed by atoms with Gasteiger partial charge in [-0.2, -0.15) is 0 Å². The number of piperazine rings is 1. The van der Waals surface area contributed by atoms with Gasteiger partial charge in [0.1, 0.15) is 0 Å². The lowest BCUT2D eigenvalue weighted by Gasteiger charge is -2.41. The number of hydrogen-bond donors (Lipinski definition) is 2. The standard InChI is InChI=1S/C17H26N2O3/c1-13-10-18(12-17(2,3)22)8-9-19(13)11-14-4-6-15(7-5-14)16(20)21/h4-7,13,22H,8-12H2,1-3H3,(H,20,21)/t13-/m0/s1. The van der Waals surface area contributed by atoms with Crippen molar-refractivity contribution in [3.05, 3.63) is 35.4 Å². The van der Waals surface area contributed by atoms with Crippen molar-refractivity contribution < 1.29 is 15.0 Å². The van der Waals surface area contributed by atoms with Crippen molar-refractivity contribution in [2.24, 2.45) is 0 Å². The molecule has 0 saturated carbocycles. The van der Waals surface area contributed by atoms with Gasteiger partial charge in [0.2, 0.25) is 0 Å². The van der Waals surface area contributed by atoms with Crippen molar-refractivity contribution in [3.8, 4) is 0 Å². The maximum Gasteiger partial charge on any atom is 0.335 e. The van der Waals surface area contributed by atoms with E-state index in [2.05, 4.69) is 16.7 Å². The molecular formula is C17H26N2O3. The third-order valence-corrected chi connectivity index (χ3v) is 4.05. The average molecular weight is 306 g/mol. The zero-order valence-corrected chi connectivity index (χ0v) is 13.6. The fourth-order valence-electron chi connectivity index (χ4n) is 2.98. The number of carboxylic acid groups (broad SMARTS) is 1.